The molecule has 3 rings (SSSR count). The van der Waals surface area contributed by atoms with E-state index in [2.05, 4.69) is 35.5 Å². The maximum Gasteiger partial charge on any atom is 0.417 e. The highest BCUT2D eigenvalue weighted by atomic mass is 19.4. The predicted molar refractivity (Wildman–Crippen MR) is 137 cm³/mol. The number of carbonyl (C=O) groups is 1. The third-order valence-corrected chi connectivity index (χ3v) is 6.32. The first-order valence-electron chi connectivity index (χ1n) is 11.9. The Morgan fingerprint density at radius 2 is 2.03 bits per heavy atom. The molecular formula is C26H33F4N5O2. The molecule has 0 aromatic carbocycles. The number of likely N-dealkylation sites (tertiary alicyclic amines) is 1. The maximum atomic E-state index is 14.5. The number of alkyl halides is 4. The number of allylic oxidation sites excluding steroid dienone is 1. The van der Waals surface area contributed by atoms with Gasteiger partial charge in [0.05, 0.1) is 17.0 Å². The van der Waals surface area contributed by atoms with E-state index in [1.54, 1.807) is 13.1 Å². The van der Waals surface area contributed by atoms with Gasteiger partial charge in [-0.25, -0.2) is 19.8 Å². The number of hydrogen-bond donors (Lipinski definition) is 2. The average Bonchev–Trinajstić information content (AvgIpc) is 3.28. The highest BCUT2D eigenvalue weighted by molar-refractivity contribution is 5.82. The lowest BCUT2D eigenvalue weighted by atomic mass is 9.98. The van der Waals surface area contributed by atoms with Gasteiger partial charge in [0.15, 0.2) is 0 Å². The van der Waals surface area contributed by atoms with Crippen molar-refractivity contribution in [3.05, 3.63) is 54.4 Å². The fourth-order valence-electron chi connectivity index (χ4n) is 4.25. The van der Waals surface area contributed by atoms with E-state index in [1.165, 1.54) is 18.2 Å². The Balaban J connectivity index is 1.84. The molecule has 37 heavy (non-hydrogen) atoms. The molecule has 11 heteroatoms. The number of nitrogens with one attached hydrogen (secondary N) is 2. The minimum atomic E-state index is -4.74. The third kappa shape index (κ3) is 7.27. The Bertz CT molecular complexity index is 1070. The van der Waals surface area contributed by atoms with Crippen LogP contribution in [-0.4, -0.2) is 85.6 Å². The number of aromatic nitrogens is 1. The monoisotopic (exact) mass is 523 g/mol. The van der Waals surface area contributed by atoms with Crippen LogP contribution in [0.2, 0.25) is 0 Å². The number of nitrogens with zero attached hydrogens (tertiary/aromatic N) is 3. The minimum Gasteiger partial charge on any atom is -0.487 e. The normalized spacial score (nSPS) is 23.2. The van der Waals surface area contributed by atoms with Crippen LogP contribution in [0.1, 0.15) is 35.4 Å². The molecule has 0 spiro atoms. The van der Waals surface area contributed by atoms with Gasteiger partial charge in [-0.3, -0.25) is 4.79 Å². The lowest BCUT2D eigenvalue weighted by molar-refractivity contribution is -0.123. The minimum absolute atomic E-state index is 0.0186. The van der Waals surface area contributed by atoms with E-state index < -0.39 is 29.7 Å². The van der Waals surface area contributed by atoms with E-state index in [0.29, 0.717) is 19.4 Å². The van der Waals surface area contributed by atoms with Gasteiger partial charge < -0.3 is 15.0 Å². The van der Waals surface area contributed by atoms with E-state index in [0.717, 1.165) is 6.54 Å². The van der Waals surface area contributed by atoms with Crippen molar-refractivity contribution in [3.63, 3.8) is 0 Å². The van der Waals surface area contributed by atoms with Crippen molar-refractivity contribution in [3.8, 4) is 0 Å². The Kier molecular flexibility index (Phi) is 9.27. The second kappa shape index (κ2) is 12.0. The first-order chi connectivity index (χ1) is 17.4. The summed E-state index contributed by atoms with van der Waals surface area (Å²) < 4.78 is 61.1. The Labute approximate surface area is 214 Å². The zero-order valence-corrected chi connectivity index (χ0v) is 21.1. The molecule has 0 saturated carbocycles. The summed E-state index contributed by atoms with van der Waals surface area (Å²) in [5, 5.41) is 4.58. The number of halogens is 4. The molecule has 1 aromatic rings. The lowest BCUT2D eigenvalue weighted by Crippen LogP contribution is -2.43. The maximum absolute atomic E-state index is 14.5. The van der Waals surface area contributed by atoms with Crippen LogP contribution in [-0.2, 0) is 9.53 Å². The topological polar surface area (TPSA) is 69.7 Å². The first kappa shape index (κ1) is 28.5. The molecule has 2 fully saturated rings. The van der Waals surface area contributed by atoms with Gasteiger partial charge in [0.2, 0.25) is 5.91 Å². The second-order valence-corrected chi connectivity index (χ2v) is 9.22. The van der Waals surface area contributed by atoms with Crippen molar-refractivity contribution in [2.75, 3.05) is 40.3 Å². The van der Waals surface area contributed by atoms with Gasteiger partial charge in [-0.05, 0) is 32.0 Å². The van der Waals surface area contributed by atoms with Crippen LogP contribution < -0.4 is 10.7 Å². The Morgan fingerprint density at radius 1 is 1.30 bits per heavy atom. The number of hydrazine groups is 1. The molecule has 202 valence electrons. The SMILES string of the molecule is C=Cc1c(C(=C)O[C@@H]2CCN(C)C[C@@H]2F)cc(/C=C/CNC(=O)C2CCN(C)N2)nc1C(=C)C(F)(F)F. The van der Waals surface area contributed by atoms with Crippen molar-refractivity contribution >= 4 is 29.4 Å². The highest BCUT2D eigenvalue weighted by Crippen LogP contribution is 2.37. The molecule has 3 heterocycles. The second-order valence-electron chi connectivity index (χ2n) is 9.22. The van der Waals surface area contributed by atoms with Crippen molar-refractivity contribution in [1.29, 1.82) is 0 Å². The molecule has 0 aliphatic carbocycles. The van der Waals surface area contributed by atoms with Crippen molar-refractivity contribution in [2.24, 2.45) is 0 Å². The molecular weight excluding hydrogens is 490 g/mol. The molecule has 2 saturated heterocycles. The number of pyridine rings is 1. The summed E-state index contributed by atoms with van der Waals surface area (Å²) >= 11 is 0. The summed E-state index contributed by atoms with van der Waals surface area (Å²) in [6.45, 7) is 12.4. The number of hydrogen-bond acceptors (Lipinski definition) is 6. The van der Waals surface area contributed by atoms with E-state index in [4.69, 9.17) is 4.74 Å². The fraction of sp³-hybridized carbons (Fsp3) is 0.462. The predicted octanol–water partition coefficient (Wildman–Crippen LogP) is 3.67. The highest BCUT2D eigenvalue weighted by Gasteiger charge is 2.36. The number of piperidine rings is 1. The largest absolute Gasteiger partial charge is 0.487 e. The summed E-state index contributed by atoms with van der Waals surface area (Å²) in [5.74, 6) is -0.165. The van der Waals surface area contributed by atoms with Crippen LogP contribution in [0.5, 0.6) is 0 Å². The molecule has 7 nitrogen and oxygen atoms in total. The van der Waals surface area contributed by atoms with Gasteiger partial charge in [-0.1, -0.05) is 31.9 Å². The zero-order chi connectivity index (χ0) is 27.3. The molecule has 0 radical (unpaired) electrons. The van der Waals surface area contributed by atoms with Gasteiger partial charge in [-0.15, -0.1) is 0 Å². The van der Waals surface area contributed by atoms with Crippen LogP contribution in [0.3, 0.4) is 0 Å². The summed E-state index contributed by atoms with van der Waals surface area (Å²) in [5.41, 5.74) is 1.86. The van der Waals surface area contributed by atoms with Gasteiger partial charge in [0, 0.05) is 44.4 Å². The van der Waals surface area contributed by atoms with E-state index in [1.807, 2.05) is 17.0 Å². The van der Waals surface area contributed by atoms with Crippen LogP contribution >= 0.6 is 0 Å². The summed E-state index contributed by atoms with van der Waals surface area (Å²) in [7, 11) is 3.64. The summed E-state index contributed by atoms with van der Waals surface area (Å²) in [6.07, 6.45) is -1.42. The summed E-state index contributed by atoms with van der Waals surface area (Å²) in [4.78, 5) is 18.2. The molecule has 2 aliphatic heterocycles. The van der Waals surface area contributed by atoms with E-state index in [9.17, 15) is 22.4 Å². The van der Waals surface area contributed by atoms with Crippen LogP contribution in [0.25, 0.3) is 23.5 Å². The molecule has 1 unspecified atom stereocenters. The number of rotatable bonds is 9. The van der Waals surface area contributed by atoms with E-state index >= 15 is 0 Å². The molecule has 2 aliphatic rings. The molecule has 1 amide bonds. The Hall–Kier alpha value is -3.02. The quantitative estimate of drug-likeness (QED) is 0.380. The smallest absolute Gasteiger partial charge is 0.417 e. The van der Waals surface area contributed by atoms with Gasteiger partial charge in [-0.2, -0.15) is 13.2 Å². The molecule has 1 aromatic heterocycles. The standard InChI is InChI=1S/C26H33F4N5O2/c1-6-19-20(17(3)37-23-10-12-34(4)15-21(23)27)14-18(32-24(19)16(2)26(28,29)30)8-7-11-31-25(36)22-9-13-35(5)33-22/h6-8,14,21-23,33H,1-3,9-13,15H2,4-5H3,(H,31,36)/b8-7+/t21-,22?,23+/m0/s1. The van der Waals surface area contributed by atoms with Crippen LogP contribution in [0, 0.1) is 0 Å². The van der Waals surface area contributed by atoms with Crippen LogP contribution in [0.4, 0.5) is 17.6 Å². The molecule has 2 N–H and O–H groups in total. The van der Waals surface area contributed by atoms with Crippen molar-refractivity contribution in [1.82, 2.24) is 25.6 Å². The van der Waals surface area contributed by atoms with Gasteiger partial charge in [0.25, 0.3) is 0 Å². The number of carbonyl (C=O) groups excluding carboxylic acids is 1. The van der Waals surface area contributed by atoms with Crippen molar-refractivity contribution in [2.45, 2.75) is 37.3 Å². The number of ether oxygens (including phenoxy) is 1. The Morgan fingerprint density at radius 3 is 2.62 bits per heavy atom. The lowest BCUT2D eigenvalue weighted by Gasteiger charge is -2.33. The molecule has 3 atom stereocenters. The average molecular weight is 524 g/mol. The van der Waals surface area contributed by atoms with Gasteiger partial charge in [0.1, 0.15) is 24.1 Å². The van der Waals surface area contributed by atoms with Crippen LogP contribution in [0.15, 0.2) is 31.9 Å². The first-order valence-corrected chi connectivity index (χ1v) is 11.9. The van der Waals surface area contributed by atoms with Gasteiger partial charge >= 0.3 is 6.18 Å². The third-order valence-electron chi connectivity index (χ3n) is 6.32. The van der Waals surface area contributed by atoms with E-state index in [-0.39, 0.29) is 47.6 Å². The molecule has 0 bridgehead atoms. The zero-order valence-electron chi connectivity index (χ0n) is 21.1. The fourth-order valence-corrected chi connectivity index (χ4v) is 4.25. The van der Waals surface area contributed by atoms with Crippen molar-refractivity contribution < 1.29 is 27.1 Å². The summed E-state index contributed by atoms with van der Waals surface area (Å²) in [6, 6.07) is 1.16. The number of amides is 1.